The zero-order chi connectivity index (χ0) is 15.2. The minimum Gasteiger partial charge on any atom is -0.304 e. The van der Waals surface area contributed by atoms with Gasteiger partial charge in [-0.05, 0) is 42.6 Å². The molecule has 2 fully saturated rings. The Morgan fingerprint density at radius 1 is 1.33 bits per heavy atom. The van der Waals surface area contributed by atoms with Gasteiger partial charge in [-0.1, -0.05) is 12.8 Å². The molecule has 1 spiro atoms. The second-order valence-corrected chi connectivity index (χ2v) is 6.54. The van der Waals surface area contributed by atoms with Gasteiger partial charge in [-0.25, -0.2) is 4.79 Å². The number of aromatic nitrogens is 2. The third-order valence-electron chi connectivity index (χ3n) is 4.60. The smallest absolute Gasteiger partial charge is 0.304 e. The van der Waals surface area contributed by atoms with Crippen LogP contribution in [0.3, 0.4) is 0 Å². The summed E-state index contributed by atoms with van der Waals surface area (Å²) in [5.74, 6) is -0.139. The van der Waals surface area contributed by atoms with Crippen molar-refractivity contribution in [3.8, 4) is 0 Å². The number of nitrogens with zero attached hydrogens (tertiary/aromatic N) is 3. The van der Waals surface area contributed by atoms with E-state index in [-0.39, 0.29) is 11.9 Å². The Kier molecular flexibility index (Phi) is 3.55. The largest absolute Gasteiger partial charge is 0.325 e. The first-order chi connectivity index (χ1) is 9.99. The average Bonchev–Trinajstić information content (AvgIpc) is 3.09. The molecular formula is C14H19BrN4O2. The lowest BCUT2D eigenvalue weighted by atomic mass is 9.96. The quantitative estimate of drug-likeness (QED) is 0.847. The van der Waals surface area contributed by atoms with Crippen LogP contribution in [0.15, 0.2) is 4.47 Å². The molecule has 0 atom stereocenters. The van der Waals surface area contributed by atoms with Crippen LogP contribution in [0.25, 0.3) is 0 Å². The van der Waals surface area contributed by atoms with E-state index in [1.165, 1.54) is 0 Å². The second kappa shape index (κ2) is 5.12. The third kappa shape index (κ3) is 2.09. The lowest BCUT2D eigenvalue weighted by Crippen LogP contribution is -2.47. The van der Waals surface area contributed by atoms with Gasteiger partial charge in [-0.3, -0.25) is 14.8 Å². The second-order valence-electron chi connectivity index (χ2n) is 5.75. The number of rotatable bonds is 3. The van der Waals surface area contributed by atoms with Crippen LogP contribution >= 0.6 is 15.9 Å². The molecule has 1 aliphatic carbocycles. The maximum absolute atomic E-state index is 12.2. The predicted octanol–water partition coefficient (Wildman–Crippen LogP) is 2.34. The molecule has 114 valence electrons. The topological polar surface area (TPSA) is 67.2 Å². The highest BCUT2D eigenvalue weighted by Gasteiger charge is 2.54. The minimum atomic E-state index is -0.646. The van der Waals surface area contributed by atoms with Crippen molar-refractivity contribution >= 4 is 27.9 Å². The van der Waals surface area contributed by atoms with Gasteiger partial charge in [-0.15, -0.1) is 0 Å². The predicted molar refractivity (Wildman–Crippen MR) is 80.6 cm³/mol. The maximum Gasteiger partial charge on any atom is 0.325 e. The molecule has 2 heterocycles. The van der Waals surface area contributed by atoms with E-state index in [4.69, 9.17) is 0 Å². The molecule has 21 heavy (non-hydrogen) atoms. The van der Waals surface area contributed by atoms with E-state index in [0.717, 1.165) is 48.1 Å². The molecule has 1 N–H and O–H groups in total. The first-order valence-corrected chi connectivity index (χ1v) is 8.13. The number of urea groups is 1. The molecule has 1 saturated carbocycles. The summed E-state index contributed by atoms with van der Waals surface area (Å²) in [7, 11) is 0. The molecule has 7 heteroatoms. The summed E-state index contributed by atoms with van der Waals surface area (Å²) in [6.07, 6.45) is 3.48. The Labute approximate surface area is 132 Å². The van der Waals surface area contributed by atoms with Crippen molar-refractivity contribution < 1.29 is 9.59 Å². The summed E-state index contributed by atoms with van der Waals surface area (Å²) >= 11 is 3.55. The maximum atomic E-state index is 12.2. The van der Waals surface area contributed by atoms with E-state index < -0.39 is 5.54 Å². The molecule has 0 aromatic carbocycles. The summed E-state index contributed by atoms with van der Waals surface area (Å²) in [5.41, 5.74) is 1.21. The van der Waals surface area contributed by atoms with E-state index in [9.17, 15) is 9.59 Å². The molecular weight excluding hydrogens is 336 g/mol. The van der Waals surface area contributed by atoms with Crippen LogP contribution in [0.1, 0.15) is 44.0 Å². The van der Waals surface area contributed by atoms with E-state index in [1.54, 1.807) is 4.90 Å². The number of carbonyl (C=O) groups is 2. The fraction of sp³-hybridized carbons (Fsp3) is 0.643. The van der Waals surface area contributed by atoms with Crippen molar-refractivity contribution in [2.45, 2.75) is 58.2 Å². The number of hydrogen-bond donors (Lipinski definition) is 1. The number of amides is 3. The van der Waals surface area contributed by atoms with Crippen molar-refractivity contribution in [2.75, 3.05) is 0 Å². The number of hydrogen-bond acceptors (Lipinski definition) is 3. The first kappa shape index (κ1) is 14.6. The zero-order valence-corrected chi connectivity index (χ0v) is 13.9. The van der Waals surface area contributed by atoms with Crippen molar-refractivity contribution in [3.63, 3.8) is 0 Å². The van der Waals surface area contributed by atoms with Crippen molar-refractivity contribution in [1.82, 2.24) is 20.0 Å². The Morgan fingerprint density at radius 2 is 2.00 bits per heavy atom. The molecule has 3 rings (SSSR count). The molecule has 1 aromatic heterocycles. The van der Waals surface area contributed by atoms with Gasteiger partial charge < -0.3 is 4.90 Å². The van der Waals surface area contributed by atoms with Crippen LogP contribution in [0.2, 0.25) is 0 Å². The van der Waals surface area contributed by atoms with Gasteiger partial charge in [0.1, 0.15) is 5.54 Å². The van der Waals surface area contributed by atoms with Gasteiger partial charge in [0.25, 0.3) is 5.91 Å². The molecule has 1 aliphatic heterocycles. The van der Waals surface area contributed by atoms with E-state index >= 15 is 0 Å². The number of nitrogens with one attached hydrogen (secondary N) is 1. The first-order valence-electron chi connectivity index (χ1n) is 7.34. The summed E-state index contributed by atoms with van der Waals surface area (Å²) in [4.78, 5) is 26.2. The Hall–Kier alpha value is -1.37. The van der Waals surface area contributed by atoms with Gasteiger partial charge in [0.15, 0.2) is 0 Å². The van der Waals surface area contributed by atoms with Gasteiger partial charge in [0.05, 0.1) is 22.4 Å². The molecule has 2 aliphatic rings. The van der Waals surface area contributed by atoms with E-state index in [2.05, 4.69) is 26.3 Å². The summed E-state index contributed by atoms with van der Waals surface area (Å²) in [6, 6.07) is -0.282. The van der Waals surface area contributed by atoms with Gasteiger partial charge in [0.2, 0.25) is 0 Å². The SMILES string of the molecule is CCn1nc(C)c(Br)c1CN1C(=O)NC(=O)C12CCCC2. The lowest BCUT2D eigenvalue weighted by Gasteiger charge is -2.31. The van der Waals surface area contributed by atoms with Crippen LogP contribution in [0.4, 0.5) is 4.79 Å². The van der Waals surface area contributed by atoms with Crippen LogP contribution in [0.5, 0.6) is 0 Å². The molecule has 0 unspecified atom stereocenters. The monoisotopic (exact) mass is 354 g/mol. The van der Waals surface area contributed by atoms with Crippen molar-refractivity contribution in [1.29, 1.82) is 0 Å². The summed E-state index contributed by atoms with van der Waals surface area (Å²) in [6.45, 7) is 5.09. The highest BCUT2D eigenvalue weighted by atomic mass is 79.9. The van der Waals surface area contributed by atoms with Crippen LogP contribution < -0.4 is 5.32 Å². The van der Waals surface area contributed by atoms with E-state index in [1.807, 2.05) is 18.5 Å². The number of aryl methyl sites for hydroxylation is 2. The Balaban J connectivity index is 1.97. The molecule has 0 bridgehead atoms. The Bertz CT molecular complexity index is 604. The van der Waals surface area contributed by atoms with Gasteiger partial charge in [-0.2, -0.15) is 5.10 Å². The van der Waals surface area contributed by atoms with Gasteiger partial charge >= 0.3 is 6.03 Å². The summed E-state index contributed by atoms with van der Waals surface area (Å²) < 4.78 is 2.81. The van der Waals surface area contributed by atoms with E-state index in [0.29, 0.717) is 6.54 Å². The molecule has 1 saturated heterocycles. The zero-order valence-electron chi connectivity index (χ0n) is 12.3. The number of carbonyl (C=O) groups excluding carboxylic acids is 2. The number of halogens is 1. The average molecular weight is 355 g/mol. The van der Waals surface area contributed by atoms with Gasteiger partial charge in [0, 0.05) is 6.54 Å². The highest BCUT2D eigenvalue weighted by molar-refractivity contribution is 9.10. The van der Waals surface area contributed by atoms with Crippen LogP contribution in [-0.2, 0) is 17.9 Å². The summed E-state index contributed by atoms with van der Waals surface area (Å²) in [5, 5.41) is 6.94. The lowest BCUT2D eigenvalue weighted by molar-refractivity contribution is -0.126. The van der Waals surface area contributed by atoms with Crippen molar-refractivity contribution in [2.24, 2.45) is 0 Å². The standard InChI is InChI=1S/C14H19BrN4O2/c1-3-19-10(11(15)9(2)17-19)8-18-13(21)16-12(20)14(18)6-4-5-7-14/h3-8H2,1-2H3,(H,16,20,21). The normalized spacial score (nSPS) is 20.6. The molecule has 3 amide bonds. The van der Waals surface area contributed by atoms with Crippen molar-refractivity contribution in [3.05, 3.63) is 15.9 Å². The minimum absolute atomic E-state index is 0.139. The molecule has 0 radical (unpaired) electrons. The molecule has 6 nitrogen and oxygen atoms in total. The molecule has 1 aromatic rings. The van der Waals surface area contributed by atoms with Crippen LogP contribution in [0, 0.1) is 6.92 Å². The third-order valence-corrected chi connectivity index (χ3v) is 5.63. The highest BCUT2D eigenvalue weighted by Crippen LogP contribution is 2.40. The fourth-order valence-corrected chi connectivity index (χ4v) is 3.86. The number of imide groups is 1. The van der Waals surface area contributed by atoms with Crippen LogP contribution in [-0.4, -0.2) is 32.2 Å². The fourth-order valence-electron chi connectivity index (χ4n) is 3.45. The Morgan fingerprint density at radius 3 is 2.62 bits per heavy atom.